The first-order valence-corrected chi connectivity index (χ1v) is 12.2. The summed E-state index contributed by atoms with van der Waals surface area (Å²) < 4.78 is 11.4. The number of carbonyl (C=O) groups is 4. The lowest BCUT2D eigenvalue weighted by molar-refractivity contribution is -0.138. The minimum atomic E-state index is -1.35. The minimum absolute atomic E-state index is 0.00637. The van der Waals surface area contributed by atoms with Crippen LogP contribution in [0.4, 0.5) is 11.4 Å². The van der Waals surface area contributed by atoms with E-state index in [1.807, 2.05) is 0 Å². The molecular weight excluding hydrogens is 588 g/mol. The van der Waals surface area contributed by atoms with Gasteiger partial charge in [-0.25, -0.2) is 0 Å². The molecule has 2 rings (SSSR count). The molecule has 0 aliphatic carbocycles. The highest BCUT2D eigenvalue weighted by Crippen LogP contribution is 2.33. The predicted octanol–water partition coefficient (Wildman–Crippen LogP) is 2.51. The lowest BCUT2D eigenvalue weighted by Gasteiger charge is -2.25. The first-order valence-electron chi connectivity index (χ1n) is 12.2. The van der Waals surface area contributed by atoms with Crippen molar-refractivity contribution in [3.05, 3.63) is 69.9 Å². The molecule has 0 atom stereocenters. The summed E-state index contributed by atoms with van der Waals surface area (Å²) in [5, 5.41) is 74.7. The molecule has 2 aromatic rings. The molecule has 0 saturated carbocycles. The van der Waals surface area contributed by atoms with Gasteiger partial charge in [0.15, 0.2) is 9.95 Å². The molecule has 0 saturated heterocycles. The fourth-order valence-corrected chi connectivity index (χ4v) is 3.77. The van der Waals surface area contributed by atoms with Crippen LogP contribution in [-0.4, -0.2) is 93.9 Å². The number of benzene rings is 2. The number of rotatable bonds is 17. The van der Waals surface area contributed by atoms with Gasteiger partial charge in [0.05, 0.1) is 11.4 Å². The lowest BCUT2D eigenvalue weighted by atomic mass is 10.1. The van der Waals surface area contributed by atoms with E-state index >= 15 is 0 Å². The molecule has 6 N–H and O–H groups in total. The molecule has 0 aliphatic heterocycles. The molecule has 44 heavy (non-hydrogen) atoms. The van der Waals surface area contributed by atoms with Gasteiger partial charge in [0.1, 0.15) is 50.9 Å². The predicted molar refractivity (Wildman–Crippen MR) is 150 cm³/mol. The summed E-state index contributed by atoms with van der Waals surface area (Å²) >= 11 is 0. The summed E-state index contributed by atoms with van der Waals surface area (Å²) in [6, 6.07) is 7.58. The van der Waals surface area contributed by atoms with Gasteiger partial charge in [-0.05, 0) is 36.4 Å². The van der Waals surface area contributed by atoms with Gasteiger partial charge in [-0.1, -0.05) is 0 Å². The molecule has 0 spiro atoms. The topological polar surface area (TPSA) is 271 Å². The van der Waals surface area contributed by atoms with Crippen LogP contribution in [0.1, 0.15) is 11.1 Å². The monoisotopic (exact) mass is 614 g/mol. The molecule has 0 amide bonds. The highest BCUT2D eigenvalue weighted by molar-refractivity contribution is 5.83. The van der Waals surface area contributed by atoms with Gasteiger partial charge in [0.25, 0.3) is 0 Å². The van der Waals surface area contributed by atoms with Crippen molar-refractivity contribution in [2.75, 3.05) is 49.2 Å². The number of aliphatic hydroxyl groups excluding tert-OH is 2. The van der Waals surface area contributed by atoms with Crippen LogP contribution in [0, 0.1) is 10.8 Å². The number of carboxylic acids is 4. The Balaban J connectivity index is 2.45. The number of nitrogens with zero attached hydrogens (tertiary/aromatic N) is 6. The second kappa shape index (κ2) is 16.0. The highest BCUT2D eigenvalue weighted by atomic mass is 16.5. The number of ether oxygens (including phenoxy) is 2. The quantitative estimate of drug-likeness (QED) is 0.0848. The standard InChI is InChI=1S/C26H24N6O12/c27-29-9-19(33)15-1-3-17(31(11-23(35)36)12-24(37)38)21(7-15)43-5-6-44-22-8-16(20(34)10-30-28)2-4-18(22)32(13-25(39)40)14-26(41)42/h1-4,7-10H,5-6,11-14H2,(H4-2,33,34,35,36,37,38,39,40,41,42)/p+2/b19-9-,20-10-. The van der Waals surface area contributed by atoms with Gasteiger partial charge in [-0.2, -0.15) is 0 Å². The van der Waals surface area contributed by atoms with Crippen LogP contribution in [0.25, 0.3) is 21.5 Å². The molecule has 230 valence electrons. The fourth-order valence-electron chi connectivity index (χ4n) is 3.77. The van der Waals surface area contributed by atoms with E-state index in [1.54, 1.807) is 0 Å². The van der Waals surface area contributed by atoms with E-state index in [1.165, 1.54) is 36.4 Å². The second-order valence-corrected chi connectivity index (χ2v) is 8.61. The van der Waals surface area contributed by atoms with E-state index in [4.69, 9.17) is 20.3 Å². The fraction of sp³-hybridized carbons (Fsp3) is 0.231. The van der Waals surface area contributed by atoms with Crippen molar-refractivity contribution >= 4 is 46.8 Å². The highest BCUT2D eigenvalue weighted by Gasteiger charge is 2.22. The van der Waals surface area contributed by atoms with Gasteiger partial charge in [0.2, 0.25) is 22.3 Å². The molecular formula is C26H26N6O12+2. The van der Waals surface area contributed by atoms with Crippen LogP contribution in [0.15, 0.2) is 48.8 Å². The van der Waals surface area contributed by atoms with Gasteiger partial charge in [-0.3, -0.25) is 19.2 Å². The first kappa shape index (κ1) is 33.6. The van der Waals surface area contributed by atoms with Crippen LogP contribution < -0.4 is 19.3 Å². The average molecular weight is 615 g/mol. The maximum Gasteiger partial charge on any atom is 0.392 e. The van der Waals surface area contributed by atoms with Crippen molar-refractivity contribution < 1.29 is 59.3 Å². The summed E-state index contributed by atoms with van der Waals surface area (Å²) in [6.07, 6.45) is 1.41. The van der Waals surface area contributed by atoms with E-state index in [2.05, 4.69) is 9.95 Å². The molecule has 2 aromatic carbocycles. The largest absolute Gasteiger partial charge is 0.501 e. The lowest BCUT2D eigenvalue weighted by Crippen LogP contribution is -2.35. The Morgan fingerprint density at radius 1 is 0.614 bits per heavy atom. The first-order chi connectivity index (χ1) is 20.9. The normalized spacial score (nSPS) is 11.0. The Bertz CT molecular complexity index is 1410. The summed E-state index contributed by atoms with van der Waals surface area (Å²) in [4.78, 5) is 52.9. The molecule has 0 fully saturated rings. The number of carboxylic acid groups (broad SMARTS) is 4. The van der Waals surface area contributed by atoms with Crippen LogP contribution in [0.2, 0.25) is 0 Å². The summed E-state index contributed by atoms with van der Waals surface area (Å²) in [6.45, 7) is -3.58. The Morgan fingerprint density at radius 2 is 0.932 bits per heavy atom. The van der Waals surface area contributed by atoms with Gasteiger partial charge >= 0.3 is 36.3 Å². The number of aliphatic carboxylic acids is 4. The Kier molecular flexibility index (Phi) is 12.3. The van der Waals surface area contributed by atoms with Crippen molar-refractivity contribution in [3.8, 4) is 11.5 Å². The van der Waals surface area contributed by atoms with Crippen LogP contribution in [0.5, 0.6) is 11.5 Å². The molecule has 0 aliphatic rings. The number of hydrogen-bond acceptors (Lipinski definition) is 12. The van der Waals surface area contributed by atoms with Crippen molar-refractivity contribution in [1.82, 2.24) is 0 Å². The van der Waals surface area contributed by atoms with Crippen molar-refractivity contribution in [3.63, 3.8) is 0 Å². The molecule has 0 radical (unpaired) electrons. The molecule has 0 aromatic heterocycles. The maximum atomic E-state index is 11.4. The SMILES string of the molecule is N#[N+]/C=C(\O)c1ccc(N(CC(=O)O)CC(=O)O)c(OCCOc2cc(/C(O)=C/[N+]#N)ccc2N(CC(=O)O)CC(=O)O)c1. The average Bonchev–Trinajstić information content (AvgIpc) is 2.93. The second-order valence-electron chi connectivity index (χ2n) is 8.61. The zero-order chi connectivity index (χ0) is 32.8. The summed E-state index contributed by atoms with van der Waals surface area (Å²) in [5.41, 5.74) is 0.119. The van der Waals surface area contributed by atoms with E-state index in [9.17, 15) is 49.8 Å². The summed E-state index contributed by atoms with van der Waals surface area (Å²) in [5.74, 6) is -6.63. The molecule has 0 heterocycles. The number of aliphatic hydroxyl groups is 2. The van der Waals surface area contributed by atoms with Crippen LogP contribution in [0.3, 0.4) is 0 Å². The van der Waals surface area contributed by atoms with E-state index in [0.717, 1.165) is 9.80 Å². The third-order valence-electron chi connectivity index (χ3n) is 5.46. The number of hydrogen-bond donors (Lipinski definition) is 6. The Labute approximate surface area is 247 Å². The molecule has 0 unspecified atom stereocenters. The summed E-state index contributed by atoms with van der Waals surface area (Å²) in [7, 11) is 0. The maximum absolute atomic E-state index is 11.4. The Hall–Kier alpha value is -6.56. The zero-order valence-electron chi connectivity index (χ0n) is 22.7. The van der Waals surface area contributed by atoms with Gasteiger partial charge in [0, 0.05) is 11.1 Å². The third kappa shape index (κ3) is 10.1. The van der Waals surface area contributed by atoms with Crippen LogP contribution >= 0.6 is 0 Å². The van der Waals surface area contributed by atoms with Crippen molar-refractivity contribution in [1.29, 1.82) is 10.8 Å². The molecule has 18 nitrogen and oxygen atoms in total. The van der Waals surface area contributed by atoms with Gasteiger partial charge < -0.3 is 49.9 Å². The minimum Gasteiger partial charge on any atom is -0.501 e. The van der Waals surface area contributed by atoms with Gasteiger partial charge in [-0.15, -0.1) is 0 Å². The van der Waals surface area contributed by atoms with Crippen molar-refractivity contribution in [2.24, 2.45) is 0 Å². The van der Waals surface area contributed by atoms with E-state index < -0.39 is 61.6 Å². The van der Waals surface area contributed by atoms with Crippen molar-refractivity contribution in [2.45, 2.75) is 0 Å². The molecule has 18 heteroatoms. The van der Waals surface area contributed by atoms with Crippen LogP contribution in [-0.2, 0) is 19.2 Å². The third-order valence-corrected chi connectivity index (χ3v) is 5.46. The number of diazo groups is 2. The number of anilines is 2. The molecule has 0 bridgehead atoms. The Morgan fingerprint density at radius 3 is 1.20 bits per heavy atom. The zero-order valence-corrected chi connectivity index (χ0v) is 22.7. The smallest absolute Gasteiger partial charge is 0.392 e. The van der Waals surface area contributed by atoms with E-state index in [-0.39, 0.29) is 47.2 Å². The van der Waals surface area contributed by atoms with E-state index in [0.29, 0.717) is 12.4 Å².